The lowest BCUT2D eigenvalue weighted by molar-refractivity contribution is -0.0616. The van der Waals surface area contributed by atoms with Gasteiger partial charge in [0.1, 0.15) is 5.69 Å². The molecule has 0 aromatic carbocycles. The zero-order chi connectivity index (χ0) is 18.2. The number of halogens is 4. The Morgan fingerprint density at radius 2 is 2.24 bits per heavy atom. The zero-order valence-corrected chi connectivity index (χ0v) is 15.6. The van der Waals surface area contributed by atoms with E-state index in [0.717, 1.165) is 0 Å². The molecule has 1 saturated carbocycles. The molecule has 0 radical (unpaired) electrons. The minimum Gasteiger partial charge on any atom is -0.378 e. The second-order valence-corrected chi connectivity index (χ2v) is 7.95. The minimum atomic E-state index is -4.60. The number of hydrazone groups is 1. The number of aromatic nitrogens is 1. The second kappa shape index (κ2) is 7.20. The first kappa shape index (κ1) is 18.6. The Bertz CT molecular complexity index is 675. The maximum absolute atomic E-state index is 13.3. The molecule has 1 aliphatic heterocycles. The van der Waals surface area contributed by atoms with Crippen LogP contribution in [-0.2, 0) is 4.74 Å². The van der Waals surface area contributed by atoms with Crippen LogP contribution in [0.15, 0.2) is 14.4 Å². The van der Waals surface area contributed by atoms with Crippen LogP contribution in [0.4, 0.5) is 13.2 Å². The number of amides is 1. The van der Waals surface area contributed by atoms with Gasteiger partial charge in [0.05, 0.1) is 24.7 Å². The highest BCUT2D eigenvalue weighted by molar-refractivity contribution is 9.11. The molecule has 2 heterocycles. The number of nitrogens with zero attached hydrogens (tertiary/aromatic N) is 3. The van der Waals surface area contributed by atoms with Gasteiger partial charge in [0.15, 0.2) is 9.63 Å². The van der Waals surface area contributed by atoms with E-state index in [1.165, 1.54) is 21.7 Å². The average Bonchev–Trinajstić information content (AvgIpc) is 3.08. The number of ether oxygens (including phenoxy) is 1. The lowest BCUT2D eigenvalue weighted by Crippen LogP contribution is -2.50. The Labute approximate surface area is 154 Å². The van der Waals surface area contributed by atoms with Crippen LogP contribution in [0.3, 0.4) is 0 Å². The highest BCUT2D eigenvalue weighted by Gasteiger charge is 2.48. The average molecular weight is 441 g/mol. The van der Waals surface area contributed by atoms with Crippen LogP contribution in [-0.4, -0.2) is 59.1 Å². The summed E-state index contributed by atoms with van der Waals surface area (Å²) >= 11 is 4.31. The van der Waals surface area contributed by atoms with E-state index < -0.39 is 23.8 Å². The van der Waals surface area contributed by atoms with E-state index in [2.05, 4.69) is 31.3 Å². The van der Waals surface area contributed by atoms with Crippen molar-refractivity contribution >= 4 is 38.9 Å². The SMILES string of the molecule is CCOC1CC(N2CC(NC(=O)c3csc(Br)n3)C(C(F)(F)F)=N2)C1. The van der Waals surface area contributed by atoms with E-state index in [1.807, 2.05) is 6.92 Å². The zero-order valence-electron chi connectivity index (χ0n) is 13.2. The van der Waals surface area contributed by atoms with Crippen molar-refractivity contribution in [3.8, 4) is 0 Å². The van der Waals surface area contributed by atoms with Crippen molar-refractivity contribution in [1.29, 1.82) is 0 Å². The van der Waals surface area contributed by atoms with Gasteiger partial charge in [-0.25, -0.2) is 4.98 Å². The Kier molecular flexibility index (Phi) is 5.35. The lowest BCUT2D eigenvalue weighted by atomic mass is 9.88. The van der Waals surface area contributed by atoms with Crippen molar-refractivity contribution in [2.24, 2.45) is 5.10 Å². The second-order valence-electron chi connectivity index (χ2n) is 5.82. The fourth-order valence-corrected chi connectivity index (χ4v) is 3.85. The summed E-state index contributed by atoms with van der Waals surface area (Å²) in [6, 6.07) is -1.30. The number of rotatable bonds is 5. The topological polar surface area (TPSA) is 66.8 Å². The van der Waals surface area contributed by atoms with Crippen molar-refractivity contribution in [3.63, 3.8) is 0 Å². The molecule has 1 aromatic heterocycles. The van der Waals surface area contributed by atoms with Gasteiger partial charge in [-0.15, -0.1) is 11.3 Å². The molecule has 2 aliphatic rings. The molecule has 1 amide bonds. The highest BCUT2D eigenvalue weighted by Crippen LogP contribution is 2.33. The first-order valence-electron chi connectivity index (χ1n) is 7.73. The molecule has 0 saturated heterocycles. The van der Waals surface area contributed by atoms with Gasteiger partial charge in [0, 0.05) is 12.0 Å². The predicted octanol–water partition coefficient (Wildman–Crippen LogP) is 2.81. The molecule has 1 aromatic rings. The molecule has 1 atom stereocenters. The van der Waals surface area contributed by atoms with E-state index >= 15 is 0 Å². The maximum Gasteiger partial charge on any atom is 0.433 e. The molecule has 25 heavy (non-hydrogen) atoms. The van der Waals surface area contributed by atoms with Crippen LogP contribution in [0, 0.1) is 0 Å². The normalized spacial score (nSPS) is 26.4. The van der Waals surface area contributed by atoms with Gasteiger partial charge >= 0.3 is 6.18 Å². The summed E-state index contributed by atoms with van der Waals surface area (Å²) in [5.74, 6) is -0.647. The minimum absolute atomic E-state index is 0.00456. The Hall–Kier alpha value is -1.20. The van der Waals surface area contributed by atoms with Crippen LogP contribution >= 0.6 is 27.3 Å². The van der Waals surface area contributed by atoms with Crippen molar-refractivity contribution in [3.05, 3.63) is 15.0 Å². The number of nitrogens with one attached hydrogen (secondary N) is 1. The van der Waals surface area contributed by atoms with E-state index in [0.29, 0.717) is 23.4 Å². The molecule has 0 bridgehead atoms. The van der Waals surface area contributed by atoms with E-state index in [-0.39, 0.29) is 24.4 Å². The molecular weight excluding hydrogens is 425 g/mol. The Morgan fingerprint density at radius 3 is 2.80 bits per heavy atom. The maximum atomic E-state index is 13.3. The van der Waals surface area contributed by atoms with Gasteiger partial charge < -0.3 is 10.1 Å². The Balaban J connectivity index is 1.67. The molecule has 6 nitrogen and oxygen atoms in total. The summed E-state index contributed by atoms with van der Waals surface area (Å²) in [7, 11) is 0. The first-order chi connectivity index (χ1) is 11.8. The molecule has 3 rings (SSSR count). The lowest BCUT2D eigenvalue weighted by Gasteiger charge is -2.39. The van der Waals surface area contributed by atoms with Gasteiger partial charge in [0.2, 0.25) is 0 Å². The Morgan fingerprint density at radius 1 is 1.52 bits per heavy atom. The fourth-order valence-electron chi connectivity index (χ4n) is 2.86. The monoisotopic (exact) mass is 440 g/mol. The molecule has 0 spiro atoms. The highest BCUT2D eigenvalue weighted by atomic mass is 79.9. The molecule has 1 aliphatic carbocycles. The summed E-state index contributed by atoms with van der Waals surface area (Å²) in [5, 5.41) is 9.03. The van der Waals surface area contributed by atoms with Crippen molar-refractivity contribution in [2.45, 2.75) is 44.1 Å². The molecule has 11 heteroatoms. The van der Waals surface area contributed by atoms with Crippen LogP contribution < -0.4 is 5.32 Å². The van der Waals surface area contributed by atoms with Gasteiger partial charge in [-0.3, -0.25) is 9.80 Å². The summed E-state index contributed by atoms with van der Waals surface area (Å²) in [5.41, 5.74) is -0.896. The number of carbonyl (C=O) groups excluding carboxylic acids is 1. The van der Waals surface area contributed by atoms with E-state index in [9.17, 15) is 18.0 Å². The van der Waals surface area contributed by atoms with Gasteiger partial charge in [-0.2, -0.15) is 18.3 Å². The number of carbonyl (C=O) groups is 1. The smallest absolute Gasteiger partial charge is 0.378 e. The van der Waals surface area contributed by atoms with Crippen molar-refractivity contribution < 1.29 is 22.7 Å². The third-order valence-electron chi connectivity index (χ3n) is 4.13. The van der Waals surface area contributed by atoms with Gasteiger partial charge in [0.25, 0.3) is 5.91 Å². The molecule has 1 N–H and O–H groups in total. The molecule has 138 valence electrons. The van der Waals surface area contributed by atoms with E-state index in [1.54, 1.807) is 0 Å². The number of hydrogen-bond donors (Lipinski definition) is 1. The number of alkyl halides is 3. The first-order valence-corrected chi connectivity index (χ1v) is 9.41. The number of thiazole rings is 1. The standard InChI is InChI=1S/C14H16BrF3N4O2S/c1-2-24-8-3-7(4-8)22-5-9(11(21-22)14(16,17)18)19-12(23)10-6-25-13(15)20-10/h6-9H,2-5H2,1H3,(H,19,23). The summed E-state index contributed by atoms with van der Waals surface area (Å²) in [4.78, 5) is 16.1. The summed E-state index contributed by atoms with van der Waals surface area (Å²) in [6.07, 6.45) is -3.25. The van der Waals surface area contributed by atoms with Crippen molar-refractivity contribution in [1.82, 2.24) is 15.3 Å². The van der Waals surface area contributed by atoms with Gasteiger partial charge in [-0.05, 0) is 35.7 Å². The van der Waals surface area contributed by atoms with Crippen LogP contribution in [0.25, 0.3) is 0 Å². The summed E-state index contributed by atoms with van der Waals surface area (Å²) in [6.45, 7) is 2.46. The largest absolute Gasteiger partial charge is 0.433 e. The van der Waals surface area contributed by atoms with E-state index in [4.69, 9.17) is 4.74 Å². The quantitative estimate of drug-likeness (QED) is 0.764. The predicted molar refractivity (Wildman–Crippen MR) is 89.7 cm³/mol. The third kappa shape index (κ3) is 4.14. The number of hydrogen-bond acceptors (Lipinski definition) is 6. The van der Waals surface area contributed by atoms with Crippen LogP contribution in [0.1, 0.15) is 30.3 Å². The van der Waals surface area contributed by atoms with Gasteiger partial charge in [-0.1, -0.05) is 0 Å². The molecule has 1 unspecified atom stereocenters. The van der Waals surface area contributed by atoms with Crippen LogP contribution in [0.2, 0.25) is 0 Å². The summed E-state index contributed by atoms with van der Waals surface area (Å²) < 4.78 is 45.7. The molecular formula is C14H16BrF3N4O2S. The third-order valence-corrected chi connectivity index (χ3v) is 5.50. The fraction of sp³-hybridized carbons (Fsp3) is 0.643. The van der Waals surface area contributed by atoms with Crippen molar-refractivity contribution in [2.75, 3.05) is 13.2 Å². The molecule has 1 fully saturated rings. The van der Waals surface area contributed by atoms with Crippen LogP contribution in [0.5, 0.6) is 0 Å².